The minimum Gasteiger partial charge on any atom is -0.481 e. The average Bonchev–Trinajstić information content (AvgIpc) is 1.82. The van der Waals surface area contributed by atoms with Gasteiger partial charge in [0.15, 0.2) is 0 Å². The lowest BCUT2D eigenvalue weighted by Gasteiger charge is -2.06. The number of rotatable bonds is 4. The number of halogens is 1. The van der Waals surface area contributed by atoms with E-state index in [1.54, 1.807) is 0 Å². The van der Waals surface area contributed by atoms with Gasteiger partial charge in [0.1, 0.15) is 0 Å². The summed E-state index contributed by atoms with van der Waals surface area (Å²) in [4.78, 5) is 9.99. The van der Waals surface area contributed by atoms with Gasteiger partial charge in [0.25, 0.3) is 0 Å². The summed E-state index contributed by atoms with van der Waals surface area (Å²) in [7, 11) is 1.44. The van der Waals surface area contributed by atoms with Crippen molar-refractivity contribution >= 4 is 17.6 Å². The van der Waals surface area contributed by atoms with Gasteiger partial charge in [0.05, 0.1) is 12.5 Å². The first-order chi connectivity index (χ1) is 4.20. The van der Waals surface area contributed by atoms with E-state index in [1.165, 1.54) is 7.11 Å². The van der Waals surface area contributed by atoms with Crippen LogP contribution in [0, 0.1) is 0 Å². The Morgan fingerprint density at radius 2 is 2.44 bits per heavy atom. The molecule has 0 aromatic rings. The first-order valence-corrected chi connectivity index (χ1v) is 3.04. The highest BCUT2D eigenvalue weighted by molar-refractivity contribution is 6.18. The molecule has 0 bridgehead atoms. The Morgan fingerprint density at radius 3 is 2.56 bits per heavy atom. The maximum Gasteiger partial charge on any atom is 0.306 e. The number of hydrogen-bond donors (Lipinski definition) is 1. The van der Waals surface area contributed by atoms with E-state index in [0.29, 0.717) is 0 Å². The van der Waals surface area contributed by atoms with Crippen molar-refractivity contribution in [3.63, 3.8) is 0 Å². The van der Waals surface area contributed by atoms with Gasteiger partial charge in [-0.2, -0.15) is 0 Å². The molecule has 0 rings (SSSR count). The number of carbonyl (C=O) groups is 1. The second-order valence-corrected chi connectivity index (χ2v) is 1.92. The van der Waals surface area contributed by atoms with Gasteiger partial charge in [-0.15, -0.1) is 11.6 Å². The van der Waals surface area contributed by atoms with Crippen molar-refractivity contribution in [3.8, 4) is 0 Å². The fraction of sp³-hybridized carbons (Fsp3) is 0.800. The smallest absolute Gasteiger partial charge is 0.306 e. The van der Waals surface area contributed by atoms with Crippen molar-refractivity contribution in [2.24, 2.45) is 0 Å². The molecule has 0 aliphatic carbocycles. The van der Waals surface area contributed by atoms with Gasteiger partial charge >= 0.3 is 5.97 Å². The van der Waals surface area contributed by atoms with Gasteiger partial charge < -0.3 is 9.84 Å². The first kappa shape index (κ1) is 8.72. The molecule has 0 amide bonds. The molecule has 9 heavy (non-hydrogen) atoms. The molecular formula is C5H9ClO3. The van der Waals surface area contributed by atoms with Crippen LogP contribution in [-0.4, -0.2) is 30.2 Å². The fourth-order valence-corrected chi connectivity index (χ4v) is 0.631. The summed E-state index contributed by atoms with van der Waals surface area (Å²) in [5, 5.41) is 8.21. The quantitative estimate of drug-likeness (QED) is 0.604. The predicted octanol–water partition coefficient (Wildman–Crippen LogP) is 0.715. The van der Waals surface area contributed by atoms with Gasteiger partial charge in [0, 0.05) is 13.0 Å². The number of carboxylic acids is 1. The van der Waals surface area contributed by atoms with E-state index < -0.39 is 5.97 Å². The van der Waals surface area contributed by atoms with Gasteiger partial charge in [-0.1, -0.05) is 0 Å². The van der Waals surface area contributed by atoms with Crippen LogP contribution >= 0.6 is 11.6 Å². The van der Waals surface area contributed by atoms with Gasteiger partial charge in [-0.3, -0.25) is 4.79 Å². The standard InChI is InChI=1S/C5H9ClO3/c1-9-4(3-6)2-5(7)8/h4H,2-3H2,1H3,(H,7,8). The molecule has 0 aromatic heterocycles. The molecule has 0 fully saturated rings. The van der Waals surface area contributed by atoms with Gasteiger partial charge in [-0.05, 0) is 0 Å². The Labute approximate surface area is 58.6 Å². The minimum atomic E-state index is -0.887. The monoisotopic (exact) mass is 152 g/mol. The van der Waals surface area contributed by atoms with Crippen LogP contribution in [0.15, 0.2) is 0 Å². The van der Waals surface area contributed by atoms with Crippen LogP contribution in [0.5, 0.6) is 0 Å². The highest BCUT2D eigenvalue weighted by Crippen LogP contribution is 1.98. The van der Waals surface area contributed by atoms with Crippen LogP contribution in [0.1, 0.15) is 6.42 Å². The van der Waals surface area contributed by atoms with Gasteiger partial charge in [0.2, 0.25) is 0 Å². The molecule has 0 aromatic carbocycles. The predicted molar refractivity (Wildman–Crippen MR) is 33.8 cm³/mol. The lowest BCUT2D eigenvalue weighted by Crippen LogP contribution is -2.16. The third kappa shape index (κ3) is 4.24. The first-order valence-electron chi connectivity index (χ1n) is 2.51. The Bertz CT molecular complexity index is 90.2. The summed E-state index contributed by atoms with van der Waals surface area (Å²) in [5.41, 5.74) is 0. The number of aliphatic carboxylic acids is 1. The summed E-state index contributed by atoms with van der Waals surface area (Å²) in [6.07, 6.45) is -0.385. The normalized spacial score (nSPS) is 13.1. The molecule has 0 radical (unpaired) electrons. The molecule has 0 saturated heterocycles. The zero-order valence-corrected chi connectivity index (χ0v) is 5.89. The number of carboxylic acid groups (broad SMARTS) is 1. The highest BCUT2D eigenvalue weighted by atomic mass is 35.5. The van der Waals surface area contributed by atoms with E-state index in [9.17, 15) is 4.79 Å². The molecule has 3 nitrogen and oxygen atoms in total. The summed E-state index contributed by atoms with van der Waals surface area (Å²) >= 11 is 5.32. The van der Waals surface area contributed by atoms with Crippen LogP contribution in [0.3, 0.4) is 0 Å². The molecule has 0 aliphatic heterocycles. The zero-order chi connectivity index (χ0) is 7.28. The zero-order valence-electron chi connectivity index (χ0n) is 5.13. The Hall–Kier alpha value is -0.280. The summed E-state index contributed by atoms with van der Waals surface area (Å²) in [6, 6.07) is 0. The summed E-state index contributed by atoms with van der Waals surface area (Å²) in [5.74, 6) is -0.662. The topological polar surface area (TPSA) is 46.5 Å². The average molecular weight is 153 g/mol. The molecular weight excluding hydrogens is 144 g/mol. The molecule has 54 valence electrons. The number of hydrogen-bond acceptors (Lipinski definition) is 2. The second-order valence-electron chi connectivity index (χ2n) is 1.61. The van der Waals surface area contributed by atoms with Crippen molar-refractivity contribution in [2.75, 3.05) is 13.0 Å². The van der Waals surface area contributed by atoms with Crippen molar-refractivity contribution in [3.05, 3.63) is 0 Å². The lowest BCUT2D eigenvalue weighted by molar-refractivity contribution is -0.139. The van der Waals surface area contributed by atoms with E-state index in [1.807, 2.05) is 0 Å². The SMILES string of the molecule is COC(CCl)CC(=O)O. The molecule has 1 unspecified atom stereocenters. The van der Waals surface area contributed by atoms with Crippen LogP contribution in [0.2, 0.25) is 0 Å². The van der Waals surface area contributed by atoms with E-state index in [-0.39, 0.29) is 18.4 Å². The number of methoxy groups -OCH3 is 1. The molecule has 0 heterocycles. The molecule has 4 heteroatoms. The Morgan fingerprint density at radius 1 is 1.89 bits per heavy atom. The van der Waals surface area contributed by atoms with Gasteiger partial charge in [-0.25, -0.2) is 0 Å². The Kier molecular flexibility index (Phi) is 4.44. The van der Waals surface area contributed by atoms with Crippen LogP contribution in [-0.2, 0) is 9.53 Å². The summed E-state index contributed by atoms with van der Waals surface area (Å²) in [6.45, 7) is 0. The third-order valence-corrected chi connectivity index (χ3v) is 1.25. The summed E-state index contributed by atoms with van der Waals surface area (Å²) < 4.78 is 4.70. The van der Waals surface area contributed by atoms with Crippen molar-refractivity contribution in [1.29, 1.82) is 0 Å². The second kappa shape index (κ2) is 4.58. The number of ether oxygens (including phenoxy) is 1. The largest absolute Gasteiger partial charge is 0.481 e. The van der Waals surface area contributed by atoms with Crippen LogP contribution in [0.25, 0.3) is 0 Å². The van der Waals surface area contributed by atoms with E-state index in [4.69, 9.17) is 21.4 Å². The van der Waals surface area contributed by atoms with E-state index >= 15 is 0 Å². The molecule has 1 N–H and O–H groups in total. The maximum absolute atomic E-state index is 9.99. The molecule has 1 atom stereocenters. The lowest BCUT2D eigenvalue weighted by atomic mass is 10.3. The van der Waals surface area contributed by atoms with Crippen LogP contribution < -0.4 is 0 Å². The van der Waals surface area contributed by atoms with Crippen molar-refractivity contribution < 1.29 is 14.6 Å². The molecule has 0 aliphatic rings. The molecule has 0 spiro atoms. The van der Waals surface area contributed by atoms with E-state index in [0.717, 1.165) is 0 Å². The van der Waals surface area contributed by atoms with Crippen molar-refractivity contribution in [1.82, 2.24) is 0 Å². The fourth-order valence-electron chi connectivity index (χ4n) is 0.396. The maximum atomic E-state index is 9.99. The molecule has 0 saturated carbocycles. The number of alkyl halides is 1. The third-order valence-electron chi connectivity index (χ3n) is 0.908. The Balaban J connectivity index is 3.43. The minimum absolute atomic E-state index is 0.0278. The van der Waals surface area contributed by atoms with Crippen LogP contribution in [0.4, 0.5) is 0 Å². The van der Waals surface area contributed by atoms with Crippen molar-refractivity contribution in [2.45, 2.75) is 12.5 Å². The highest BCUT2D eigenvalue weighted by Gasteiger charge is 2.09. The van der Waals surface area contributed by atoms with E-state index in [2.05, 4.69) is 0 Å².